The molecule has 0 saturated carbocycles. The number of aryl methyl sites for hydroxylation is 1. The lowest BCUT2D eigenvalue weighted by Crippen LogP contribution is -2.36. The maximum atomic E-state index is 15.4. The van der Waals surface area contributed by atoms with Crippen LogP contribution in [0, 0.1) is 12.7 Å². The number of benzene rings is 5. The van der Waals surface area contributed by atoms with E-state index in [4.69, 9.17) is 62.2 Å². The standard InChI is InChI=1S/C39H27Cl5FN11O5S3/c1-19-33(38-47-36(52-56(38)50-19)20-7-10-23(11-8-20)54-64(2,59)60)49-48-29-14-12-24(18-28(29)45)61-63(58)53-30-5-3-4-6-32(30)62-35-37(46-31-17-21(40)9-13-25(31)42)51-55(39(35)57)34-26(43)15-22(41)16-27(34)44/h3-18,35,50,53-54H,1-2H3,(H,46,51). The molecule has 3 heterocycles. The Kier molecular flexibility index (Phi) is 13.1. The molecule has 1 aliphatic heterocycles. The number of hydrogen-bond donors (Lipinski definition) is 4. The van der Waals surface area contributed by atoms with Gasteiger partial charge in [0.25, 0.3) is 5.91 Å². The minimum Gasteiger partial charge on any atom is -0.385 e. The second kappa shape index (κ2) is 18.6. The Balaban J connectivity index is 0.978. The fraction of sp³-hybridized carbons (Fsp3) is 0.0769. The van der Waals surface area contributed by atoms with Gasteiger partial charge in [-0.05, 0) is 85.8 Å². The molecule has 0 bridgehead atoms. The number of carbonyl (C=O) groups excluding carboxylic acids is 1. The molecule has 328 valence electrons. The average Bonchev–Trinajstić information content (AvgIpc) is 3.86. The van der Waals surface area contributed by atoms with Gasteiger partial charge in [-0.2, -0.15) is 8.84 Å². The van der Waals surface area contributed by atoms with Crippen LogP contribution in [0.25, 0.3) is 17.0 Å². The zero-order valence-corrected chi connectivity index (χ0v) is 38.7. The third-order valence-corrected chi connectivity index (χ3v) is 12.8. The highest BCUT2D eigenvalue weighted by Gasteiger charge is 2.41. The number of sulfonamides is 1. The molecule has 64 heavy (non-hydrogen) atoms. The molecule has 1 fully saturated rings. The average molecular weight is 1020 g/mol. The number of amides is 1. The minimum absolute atomic E-state index is 0.0946. The molecule has 0 radical (unpaired) electrons. The molecule has 7 aromatic rings. The molecule has 25 heteroatoms. The van der Waals surface area contributed by atoms with Crippen LogP contribution < -0.4 is 24.1 Å². The van der Waals surface area contributed by atoms with Gasteiger partial charge < -0.3 is 4.18 Å². The van der Waals surface area contributed by atoms with Gasteiger partial charge in [0.2, 0.25) is 15.7 Å². The number of amidine groups is 1. The van der Waals surface area contributed by atoms with Crippen LogP contribution in [0.2, 0.25) is 25.1 Å². The second-order valence-corrected chi connectivity index (χ2v) is 19.4. The number of aromatic nitrogens is 4. The first-order valence-corrected chi connectivity index (χ1v) is 23.9. The summed E-state index contributed by atoms with van der Waals surface area (Å²) in [5.41, 5.74) is 5.69. The van der Waals surface area contributed by atoms with E-state index in [1.807, 2.05) is 0 Å². The van der Waals surface area contributed by atoms with E-state index >= 15 is 4.39 Å². The quantitative estimate of drug-likeness (QED) is 0.0811. The number of para-hydroxylation sites is 1. The summed E-state index contributed by atoms with van der Waals surface area (Å²) in [5, 5.41) is 16.9. The van der Waals surface area contributed by atoms with Gasteiger partial charge in [0, 0.05) is 32.3 Å². The van der Waals surface area contributed by atoms with Crippen LogP contribution in [0.4, 0.5) is 38.5 Å². The second-order valence-electron chi connectivity index (χ2n) is 13.5. The minimum atomic E-state index is -3.45. The number of hydrogen-bond acceptors (Lipinski definition) is 11. The number of nitrogens with one attached hydrogen (secondary N) is 4. The summed E-state index contributed by atoms with van der Waals surface area (Å²) in [4.78, 5) is 23.8. The van der Waals surface area contributed by atoms with Crippen LogP contribution in [0.5, 0.6) is 5.75 Å². The molecule has 2 aromatic heterocycles. The molecule has 0 spiro atoms. The molecule has 2 unspecified atom stereocenters. The summed E-state index contributed by atoms with van der Waals surface area (Å²) in [6.45, 7) is 1.72. The third-order valence-electron chi connectivity index (χ3n) is 8.84. The highest BCUT2D eigenvalue weighted by Crippen LogP contribution is 2.42. The van der Waals surface area contributed by atoms with E-state index in [9.17, 15) is 17.4 Å². The van der Waals surface area contributed by atoms with Gasteiger partial charge in [-0.1, -0.05) is 70.1 Å². The summed E-state index contributed by atoms with van der Waals surface area (Å²) >= 11 is 30.6. The van der Waals surface area contributed by atoms with Gasteiger partial charge in [-0.15, -0.1) is 27.1 Å². The van der Waals surface area contributed by atoms with Crippen molar-refractivity contribution in [2.75, 3.05) is 20.7 Å². The van der Waals surface area contributed by atoms with E-state index in [1.54, 1.807) is 67.6 Å². The fourth-order valence-electron chi connectivity index (χ4n) is 6.04. The number of aromatic amines is 1. The van der Waals surface area contributed by atoms with Crippen molar-refractivity contribution in [1.82, 2.24) is 25.2 Å². The van der Waals surface area contributed by atoms with Crippen LogP contribution in [0.1, 0.15) is 5.69 Å². The van der Waals surface area contributed by atoms with Gasteiger partial charge >= 0.3 is 11.3 Å². The lowest BCUT2D eigenvalue weighted by Gasteiger charge is -2.19. The van der Waals surface area contributed by atoms with Gasteiger partial charge in [0.05, 0.1) is 38.4 Å². The lowest BCUT2D eigenvalue weighted by atomic mass is 10.2. The number of anilines is 3. The molecule has 16 nitrogen and oxygen atoms in total. The van der Waals surface area contributed by atoms with Crippen LogP contribution in [-0.4, -0.2) is 55.7 Å². The van der Waals surface area contributed by atoms with E-state index in [2.05, 4.69) is 45.3 Å². The number of thioether (sulfide) groups is 1. The SMILES string of the molecule is Cc1[nH]n2nc(-c3ccc(NS(C)(=O)=O)cc3)nc2c1N=Nc1ccc(OS(=O)Nc2ccccc2SC2C(=O)N(c3c(Cl)cc(Cl)cc3Cl)NC2=Nc2cc(Cl)ccc2Cl)cc1F. The van der Waals surface area contributed by atoms with Crippen molar-refractivity contribution in [3.63, 3.8) is 0 Å². The number of H-pyrrole nitrogens is 1. The van der Waals surface area contributed by atoms with Crippen molar-refractivity contribution in [1.29, 1.82) is 0 Å². The van der Waals surface area contributed by atoms with Gasteiger partial charge in [0.15, 0.2) is 17.3 Å². The molecular formula is C39H27Cl5FN11O5S3. The van der Waals surface area contributed by atoms with Gasteiger partial charge in [0.1, 0.15) is 28.2 Å². The smallest absolute Gasteiger partial charge is 0.316 e. The number of fused-ring (bicyclic) bond motifs is 1. The lowest BCUT2D eigenvalue weighted by molar-refractivity contribution is -0.116. The highest BCUT2D eigenvalue weighted by molar-refractivity contribution is 8.01. The molecule has 2 atom stereocenters. The summed E-state index contributed by atoms with van der Waals surface area (Å²) in [7, 11) is -3.45. The summed E-state index contributed by atoms with van der Waals surface area (Å²) in [6, 6.07) is 24.4. The number of azo groups is 1. The Morgan fingerprint density at radius 3 is 2.34 bits per heavy atom. The molecule has 4 N–H and O–H groups in total. The first kappa shape index (κ1) is 45.1. The normalized spacial score (nSPS) is 15.3. The highest BCUT2D eigenvalue weighted by atomic mass is 35.5. The predicted octanol–water partition coefficient (Wildman–Crippen LogP) is 11.0. The molecule has 8 rings (SSSR count). The van der Waals surface area contributed by atoms with E-state index in [-0.39, 0.29) is 48.7 Å². The van der Waals surface area contributed by atoms with E-state index in [0.29, 0.717) is 49.7 Å². The zero-order valence-electron chi connectivity index (χ0n) is 32.5. The number of carbonyl (C=O) groups is 1. The first-order chi connectivity index (χ1) is 30.5. The van der Waals surface area contributed by atoms with Crippen molar-refractivity contribution in [2.24, 2.45) is 15.2 Å². The van der Waals surface area contributed by atoms with Crippen LogP contribution in [-0.2, 0) is 26.1 Å². The third kappa shape index (κ3) is 10.1. The Labute approximate surface area is 395 Å². The molecular weight excluding hydrogens is 995 g/mol. The van der Waals surface area contributed by atoms with Crippen LogP contribution in [0.15, 0.2) is 117 Å². The number of nitrogens with zero attached hydrogens (tertiary/aromatic N) is 7. The van der Waals surface area contributed by atoms with Crippen molar-refractivity contribution in [2.45, 2.75) is 17.1 Å². The summed E-state index contributed by atoms with van der Waals surface area (Å²) in [5.74, 6) is -0.959. The Morgan fingerprint density at radius 2 is 1.62 bits per heavy atom. The van der Waals surface area contributed by atoms with Gasteiger partial charge in [-0.25, -0.2) is 27.8 Å². The largest absolute Gasteiger partial charge is 0.385 e. The van der Waals surface area contributed by atoms with E-state index in [0.717, 1.165) is 29.1 Å². The summed E-state index contributed by atoms with van der Waals surface area (Å²) < 4.78 is 63.9. The number of aliphatic imine (C=N–C) groups is 1. The monoisotopic (exact) mass is 1020 g/mol. The van der Waals surface area contributed by atoms with Crippen LogP contribution in [0.3, 0.4) is 0 Å². The fourth-order valence-corrected chi connectivity index (χ4v) is 9.74. The Bertz CT molecular complexity index is 3170. The Hall–Kier alpha value is -5.45. The van der Waals surface area contributed by atoms with E-state index in [1.165, 1.54) is 35.0 Å². The molecule has 1 saturated heterocycles. The predicted molar refractivity (Wildman–Crippen MR) is 251 cm³/mol. The number of halogens is 6. The van der Waals surface area contributed by atoms with Crippen LogP contribution >= 0.6 is 69.8 Å². The number of hydrazine groups is 1. The molecule has 0 aliphatic carbocycles. The van der Waals surface area contributed by atoms with Crippen molar-refractivity contribution in [3.8, 4) is 17.1 Å². The van der Waals surface area contributed by atoms with Crippen molar-refractivity contribution >= 4 is 143 Å². The van der Waals surface area contributed by atoms with E-state index < -0.39 is 38.3 Å². The maximum Gasteiger partial charge on any atom is 0.316 e. The first-order valence-electron chi connectivity index (χ1n) is 18.2. The maximum absolute atomic E-state index is 15.4. The van der Waals surface area contributed by atoms with Gasteiger partial charge in [-0.3, -0.25) is 24.8 Å². The van der Waals surface area contributed by atoms with Crippen molar-refractivity contribution < 1.29 is 26.0 Å². The number of rotatable bonds is 13. The topological polar surface area (TPSA) is 200 Å². The summed E-state index contributed by atoms with van der Waals surface area (Å²) in [6.07, 6.45) is 1.05. The van der Waals surface area contributed by atoms with Crippen molar-refractivity contribution in [3.05, 3.63) is 134 Å². The Morgan fingerprint density at radius 1 is 0.891 bits per heavy atom. The molecule has 1 amide bonds. The zero-order chi connectivity index (χ0) is 45.4. The molecule has 1 aliphatic rings. The molecule has 5 aromatic carbocycles.